The maximum Gasteiger partial charge on any atom is 0.437 e. The Hall–Kier alpha value is -9.51. The van der Waals surface area contributed by atoms with Gasteiger partial charge in [0.15, 0.2) is 0 Å². The van der Waals surface area contributed by atoms with Gasteiger partial charge in [-0.1, -0.05) is 207 Å². The van der Waals surface area contributed by atoms with E-state index in [4.69, 9.17) is 63.8 Å². The molecule has 2 saturated carbocycles. The topological polar surface area (TPSA) is 291 Å². The molecule has 2 saturated heterocycles. The Morgan fingerprint density at radius 2 is 0.899 bits per heavy atom. The molecule has 109 heavy (non-hydrogen) atoms. The minimum atomic E-state index is -0.887. The third-order valence-corrected chi connectivity index (χ3v) is 22.0. The van der Waals surface area contributed by atoms with Crippen molar-refractivity contribution < 1.29 is 57.2 Å². The number of rotatable bonds is 25. The molecule has 0 spiro atoms. The van der Waals surface area contributed by atoms with Crippen LogP contribution >= 0.6 is 23.2 Å². The molecule has 0 radical (unpaired) electrons. The molecular formula is C85H108Cl2N10O12. The lowest BCUT2D eigenvalue weighted by atomic mass is 9.61. The van der Waals surface area contributed by atoms with E-state index in [0.29, 0.717) is 67.3 Å². The van der Waals surface area contributed by atoms with Gasteiger partial charge in [0.25, 0.3) is 0 Å². The smallest absolute Gasteiger partial charge is 0.437 e. The number of alkyl carbamates (subject to hydrolysis) is 2. The number of benzene rings is 6. The van der Waals surface area contributed by atoms with Gasteiger partial charge in [-0.15, -0.1) is 4.99 Å². The Kier molecular flexibility index (Phi) is 32.1. The molecule has 4 aliphatic rings. The first kappa shape index (κ1) is 83.5. The minimum absolute atomic E-state index is 0.0115. The number of nitrogens with zero attached hydrogens (tertiary/aromatic N) is 5. The maximum absolute atomic E-state index is 14.2. The number of ether oxygens (including phenoxy) is 5. The molecule has 7 N–H and O–H groups in total. The van der Waals surface area contributed by atoms with Crippen LogP contribution in [0.3, 0.4) is 0 Å². The molecule has 2 aliphatic carbocycles. The van der Waals surface area contributed by atoms with Gasteiger partial charge in [-0.05, 0) is 185 Å². The summed E-state index contributed by atoms with van der Waals surface area (Å²) < 4.78 is 27.4. The number of amides is 7. The van der Waals surface area contributed by atoms with Crippen molar-refractivity contribution in [1.29, 1.82) is 5.41 Å². The van der Waals surface area contributed by atoms with Crippen LogP contribution in [-0.4, -0.2) is 131 Å². The Morgan fingerprint density at radius 3 is 1.33 bits per heavy atom. The van der Waals surface area contributed by atoms with Crippen molar-refractivity contribution in [2.75, 3.05) is 39.3 Å². The monoisotopic (exact) mass is 1530 g/mol. The van der Waals surface area contributed by atoms with E-state index in [1.807, 2.05) is 168 Å². The number of aliphatic imine (C=N–C) groups is 1. The number of nitrogens with two attached hydrogens (primary N) is 2. The predicted octanol–water partition coefficient (Wildman–Crippen LogP) is 16.7. The van der Waals surface area contributed by atoms with Crippen molar-refractivity contribution in [2.24, 2.45) is 39.1 Å². The molecule has 2 heterocycles. The molecule has 2 aliphatic heterocycles. The second-order valence-electron chi connectivity index (χ2n) is 30.1. The highest BCUT2D eigenvalue weighted by Gasteiger charge is 2.45. The minimum Gasteiger partial charge on any atom is -0.444 e. The number of carbonyl (C=O) groups is 7. The van der Waals surface area contributed by atoms with Gasteiger partial charge in [0.2, 0.25) is 23.7 Å². The van der Waals surface area contributed by atoms with E-state index < -0.39 is 54.1 Å². The Balaban J connectivity index is 0.000000253. The van der Waals surface area contributed by atoms with Crippen molar-refractivity contribution in [1.82, 2.24) is 30.2 Å². The van der Waals surface area contributed by atoms with Gasteiger partial charge in [0, 0.05) is 55.7 Å². The number of hydrogen-bond acceptors (Lipinski definition) is 14. The van der Waals surface area contributed by atoms with E-state index in [1.54, 1.807) is 32.9 Å². The molecule has 0 bridgehead atoms. The van der Waals surface area contributed by atoms with Gasteiger partial charge < -0.3 is 50.3 Å². The third kappa shape index (κ3) is 26.7. The average Bonchev–Trinajstić information content (AvgIpc) is 0.791. The average molecular weight is 1530 g/mol. The van der Waals surface area contributed by atoms with Crippen LogP contribution in [0.1, 0.15) is 170 Å². The zero-order chi connectivity index (χ0) is 77.6. The Bertz CT molecular complexity index is 3900. The Labute approximate surface area is 651 Å². The standard InChI is InChI=1S/C45H58ClN5O7.C40H50ClN5O5/c1-44(2,3)58-42(54)48-38(30-33-20-22-37(46)23-21-33)39(52)50-28-25-45(26-29-50,36-18-11-6-12-19-36)24-13-27-51(43(55)57-32-35-16-9-5-10-17-35)40(47)49-41(53)56-31-34-14-7-4-8-15-34;41-34-19-17-30(18-20-34)27-35(42)36(47)45-25-22-40(23-26-45,33-15-8-3-9-16-33)21-10-24-46(39(49)51-29-32-13-6-2-7-14-32)37(43)44-38(48)50-28-31-11-4-1-5-12-31/h4-5,7-10,14-17,20-23,36,38H,6,11-13,18-19,24-32H2,1-3H3,(H,48,54)(H2,47,49,53);1-2,4-7,11-14,17-20,33,35H,3,8-10,15-16,21-29,42H2,(H2,43,44,48). The van der Waals surface area contributed by atoms with Crippen LogP contribution in [0.15, 0.2) is 175 Å². The highest BCUT2D eigenvalue weighted by atomic mass is 35.5. The Morgan fingerprint density at radius 1 is 0.514 bits per heavy atom. The molecule has 7 amide bonds. The van der Waals surface area contributed by atoms with Crippen molar-refractivity contribution in [3.05, 3.63) is 213 Å². The molecule has 584 valence electrons. The summed E-state index contributed by atoms with van der Waals surface area (Å²) in [6, 6.07) is 50.4. The molecular weight excluding hydrogens is 1420 g/mol. The lowest BCUT2D eigenvalue weighted by Gasteiger charge is -2.49. The number of likely N-dealkylation sites (tertiary alicyclic amines) is 2. The second kappa shape index (κ2) is 41.9. The number of piperidine rings is 2. The largest absolute Gasteiger partial charge is 0.444 e. The van der Waals surface area contributed by atoms with Crippen LogP contribution < -0.4 is 22.1 Å². The van der Waals surface area contributed by atoms with Gasteiger partial charge in [0.05, 0.1) is 6.04 Å². The van der Waals surface area contributed by atoms with E-state index in [2.05, 4.69) is 15.6 Å². The maximum atomic E-state index is 14.2. The fraction of sp³-hybridized carbons (Fsp3) is 0.471. The first-order valence-corrected chi connectivity index (χ1v) is 39.2. The van der Waals surface area contributed by atoms with Gasteiger partial charge in [-0.2, -0.15) is 0 Å². The van der Waals surface area contributed by atoms with Gasteiger partial charge >= 0.3 is 30.5 Å². The molecule has 6 aromatic carbocycles. The lowest BCUT2D eigenvalue weighted by molar-refractivity contribution is -0.137. The summed E-state index contributed by atoms with van der Waals surface area (Å²) >= 11 is 12.2. The molecule has 22 nitrogen and oxygen atoms in total. The third-order valence-electron chi connectivity index (χ3n) is 21.5. The predicted molar refractivity (Wildman–Crippen MR) is 422 cm³/mol. The molecule has 2 unspecified atom stereocenters. The van der Waals surface area contributed by atoms with Crippen LogP contribution in [0.5, 0.6) is 0 Å². The SMILES string of the molecule is CC(C)(C)OC(=O)NC(Cc1ccc(Cl)cc1)C(=O)N1CCC(CCCN(C(=N)NC(=O)OCc2ccccc2)C(=O)OCc2ccccc2)(C2CCCCC2)CC1.NC(=NC(=O)OCc1ccccc1)N(CCCC1(C2CCCCC2)CCN(C(=O)C(N)Cc2ccc(Cl)cc2)CC1)C(=O)OCc1ccccc1. The van der Waals surface area contributed by atoms with Crippen LogP contribution in [0.2, 0.25) is 10.0 Å². The zero-order valence-corrected chi connectivity index (χ0v) is 64.7. The van der Waals surface area contributed by atoms with Crippen molar-refractivity contribution in [2.45, 2.75) is 193 Å². The molecule has 4 fully saturated rings. The van der Waals surface area contributed by atoms with Gasteiger partial charge in [-0.25, -0.2) is 33.8 Å². The van der Waals surface area contributed by atoms with E-state index in [-0.39, 0.29) is 74.5 Å². The summed E-state index contributed by atoms with van der Waals surface area (Å²) in [6.07, 6.45) is 14.6. The fourth-order valence-corrected chi connectivity index (χ4v) is 15.9. The quantitative estimate of drug-likeness (QED) is 0.0202. The highest BCUT2D eigenvalue weighted by Crippen LogP contribution is 2.51. The van der Waals surface area contributed by atoms with Crippen LogP contribution in [0.25, 0.3) is 0 Å². The highest BCUT2D eigenvalue weighted by molar-refractivity contribution is 6.30. The van der Waals surface area contributed by atoms with Crippen LogP contribution in [0.4, 0.5) is 24.0 Å². The van der Waals surface area contributed by atoms with Crippen molar-refractivity contribution in [3.63, 3.8) is 0 Å². The number of nitrogens with one attached hydrogen (secondary N) is 3. The van der Waals surface area contributed by atoms with E-state index >= 15 is 0 Å². The first-order chi connectivity index (χ1) is 52.5. The van der Waals surface area contributed by atoms with E-state index in [0.717, 1.165) is 115 Å². The fourth-order valence-electron chi connectivity index (χ4n) is 15.6. The van der Waals surface area contributed by atoms with Crippen molar-refractivity contribution in [3.8, 4) is 0 Å². The molecule has 24 heteroatoms. The first-order valence-electron chi connectivity index (χ1n) is 38.4. The number of halogens is 2. The lowest BCUT2D eigenvalue weighted by Crippen LogP contribution is -2.54. The van der Waals surface area contributed by atoms with Crippen LogP contribution in [0, 0.1) is 28.1 Å². The summed E-state index contributed by atoms with van der Waals surface area (Å²) in [6.45, 7) is 8.16. The number of guanidine groups is 2. The summed E-state index contributed by atoms with van der Waals surface area (Å²) in [5.74, 6) is 0.0955. The number of hydrogen-bond donors (Lipinski definition) is 5. The van der Waals surface area contributed by atoms with Gasteiger partial charge in [0.1, 0.15) is 38.1 Å². The number of carbonyl (C=O) groups excluding carboxylic acids is 7. The summed E-state index contributed by atoms with van der Waals surface area (Å²) in [7, 11) is 0. The molecule has 10 rings (SSSR count). The molecule has 0 aromatic heterocycles. The molecule has 2 atom stereocenters. The normalized spacial score (nSPS) is 16.5. The summed E-state index contributed by atoms with van der Waals surface area (Å²) in [5.41, 5.74) is 17.0. The zero-order valence-electron chi connectivity index (χ0n) is 63.2. The van der Waals surface area contributed by atoms with Crippen molar-refractivity contribution >= 4 is 77.4 Å². The van der Waals surface area contributed by atoms with E-state index in [9.17, 15) is 33.6 Å². The van der Waals surface area contributed by atoms with Gasteiger partial charge in [-0.3, -0.25) is 20.3 Å². The van der Waals surface area contributed by atoms with E-state index in [1.165, 1.54) is 30.6 Å². The second-order valence-corrected chi connectivity index (χ2v) is 31.0. The summed E-state index contributed by atoms with van der Waals surface area (Å²) in [5, 5.41) is 15.3. The summed E-state index contributed by atoms with van der Waals surface area (Å²) in [4.78, 5) is 103. The van der Waals surface area contributed by atoms with Crippen LogP contribution in [-0.2, 0) is 72.5 Å². The molecule has 6 aromatic rings.